The summed E-state index contributed by atoms with van der Waals surface area (Å²) in [6.07, 6.45) is 0.713. The molecule has 1 aromatic carbocycles. The second kappa shape index (κ2) is 7.97. The first kappa shape index (κ1) is 17.9. The van der Waals surface area contributed by atoms with Gasteiger partial charge in [0, 0.05) is 17.5 Å². The van der Waals surface area contributed by atoms with Crippen LogP contribution in [0.2, 0.25) is 0 Å². The molecule has 0 spiro atoms. The molecule has 0 saturated heterocycles. The molecule has 2 heterocycles. The number of carbonyl (C=O) groups excluding carboxylic acids is 1. The van der Waals surface area contributed by atoms with Crippen LogP contribution in [0.1, 0.15) is 23.8 Å². The molecule has 6 nitrogen and oxygen atoms in total. The number of nitrogens with one attached hydrogen (secondary N) is 1. The second-order valence-corrected chi connectivity index (χ2v) is 6.57. The van der Waals surface area contributed by atoms with Crippen molar-refractivity contribution in [2.75, 3.05) is 6.61 Å². The van der Waals surface area contributed by atoms with E-state index in [1.54, 1.807) is 29.5 Å². The highest BCUT2D eigenvalue weighted by Crippen LogP contribution is 2.22. The maximum absolute atomic E-state index is 12.0. The molecular formula is C19H18N2O4S. The van der Waals surface area contributed by atoms with Crippen molar-refractivity contribution in [3.63, 3.8) is 0 Å². The van der Waals surface area contributed by atoms with Gasteiger partial charge in [-0.2, -0.15) is 5.10 Å². The molecule has 0 unspecified atom stereocenters. The van der Waals surface area contributed by atoms with Crippen molar-refractivity contribution in [2.24, 2.45) is 5.10 Å². The summed E-state index contributed by atoms with van der Waals surface area (Å²) < 4.78 is 10.6. The van der Waals surface area contributed by atoms with Crippen LogP contribution in [0.25, 0.3) is 11.0 Å². The van der Waals surface area contributed by atoms with Crippen LogP contribution < -0.4 is 15.8 Å². The fourth-order valence-corrected chi connectivity index (χ4v) is 3.24. The number of ether oxygens (including phenoxy) is 1. The molecule has 1 N–H and O–H groups in total. The van der Waals surface area contributed by atoms with Crippen LogP contribution >= 0.6 is 11.3 Å². The summed E-state index contributed by atoms with van der Waals surface area (Å²) in [6.45, 7) is 3.63. The number of nitrogens with zero attached hydrogens (tertiary/aromatic N) is 1. The molecule has 0 radical (unpaired) electrons. The first-order chi connectivity index (χ1) is 12.6. The Balaban J connectivity index is 1.64. The van der Waals surface area contributed by atoms with Gasteiger partial charge in [-0.1, -0.05) is 13.0 Å². The summed E-state index contributed by atoms with van der Waals surface area (Å²) in [7, 11) is 0. The van der Waals surface area contributed by atoms with Crippen molar-refractivity contribution < 1.29 is 13.9 Å². The van der Waals surface area contributed by atoms with Gasteiger partial charge in [0.1, 0.15) is 11.3 Å². The number of benzene rings is 1. The van der Waals surface area contributed by atoms with Gasteiger partial charge in [-0.05, 0) is 42.5 Å². The Hall–Kier alpha value is -2.93. The smallest absolute Gasteiger partial charge is 0.336 e. The lowest BCUT2D eigenvalue weighted by molar-refractivity contribution is -0.123. The van der Waals surface area contributed by atoms with E-state index in [0.717, 1.165) is 21.5 Å². The van der Waals surface area contributed by atoms with Crippen molar-refractivity contribution in [2.45, 2.75) is 20.3 Å². The lowest BCUT2D eigenvalue weighted by Gasteiger charge is -2.07. The molecule has 0 bridgehead atoms. The largest absolute Gasteiger partial charge is 0.484 e. The van der Waals surface area contributed by atoms with Gasteiger partial charge in [0.25, 0.3) is 5.91 Å². The predicted octanol–water partition coefficient (Wildman–Crippen LogP) is 3.47. The standard InChI is InChI=1S/C19H18N2O4S/c1-3-15(17-5-4-8-26-17)20-21-18(22)11-24-13-6-7-14-12(2)9-19(23)25-16(14)10-13/h4-10H,3,11H2,1-2H3,(H,21,22)/b20-15-. The Morgan fingerprint density at radius 1 is 1.31 bits per heavy atom. The predicted molar refractivity (Wildman–Crippen MR) is 102 cm³/mol. The van der Waals surface area contributed by atoms with E-state index in [0.29, 0.717) is 17.8 Å². The first-order valence-electron chi connectivity index (χ1n) is 8.13. The summed E-state index contributed by atoms with van der Waals surface area (Å²) >= 11 is 1.57. The molecule has 0 aliphatic carbocycles. The molecule has 3 aromatic rings. The van der Waals surface area contributed by atoms with Crippen molar-refractivity contribution >= 4 is 33.9 Å². The molecule has 0 aliphatic rings. The van der Waals surface area contributed by atoms with Crippen molar-refractivity contribution in [1.29, 1.82) is 0 Å². The second-order valence-electron chi connectivity index (χ2n) is 5.62. The number of aryl methyl sites for hydroxylation is 1. The molecule has 0 fully saturated rings. The number of thiophene rings is 1. The Bertz CT molecular complexity index is 1010. The normalized spacial score (nSPS) is 11.5. The zero-order valence-corrected chi connectivity index (χ0v) is 15.3. The average molecular weight is 370 g/mol. The topological polar surface area (TPSA) is 80.9 Å². The van der Waals surface area contributed by atoms with Crippen molar-refractivity contribution in [1.82, 2.24) is 5.43 Å². The van der Waals surface area contributed by atoms with Gasteiger partial charge in [-0.25, -0.2) is 10.2 Å². The van der Waals surface area contributed by atoms with Crippen LogP contribution in [0, 0.1) is 6.92 Å². The maximum atomic E-state index is 12.0. The SMILES string of the molecule is CC/C(=N/NC(=O)COc1ccc2c(C)cc(=O)oc2c1)c1cccs1. The fourth-order valence-electron chi connectivity index (χ4n) is 2.46. The maximum Gasteiger partial charge on any atom is 0.336 e. The lowest BCUT2D eigenvalue weighted by atomic mass is 10.1. The molecule has 0 saturated carbocycles. The number of hydrazone groups is 1. The molecule has 7 heteroatoms. The third-order valence-corrected chi connectivity index (χ3v) is 4.67. The van der Waals surface area contributed by atoms with Crippen LogP contribution in [-0.2, 0) is 4.79 Å². The molecule has 134 valence electrons. The van der Waals surface area contributed by atoms with Gasteiger partial charge in [-0.3, -0.25) is 4.79 Å². The lowest BCUT2D eigenvalue weighted by Crippen LogP contribution is -2.25. The van der Waals surface area contributed by atoms with E-state index in [1.165, 1.54) is 6.07 Å². The third kappa shape index (κ3) is 4.18. The van der Waals surface area contributed by atoms with Crippen LogP contribution in [0.3, 0.4) is 0 Å². The fraction of sp³-hybridized carbons (Fsp3) is 0.211. The highest BCUT2D eigenvalue weighted by Gasteiger charge is 2.07. The number of hydrogen-bond donors (Lipinski definition) is 1. The van der Waals surface area contributed by atoms with Gasteiger partial charge >= 0.3 is 5.63 Å². The minimum absolute atomic E-state index is 0.188. The van der Waals surface area contributed by atoms with Crippen LogP contribution in [0.5, 0.6) is 5.75 Å². The average Bonchev–Trinajstić information content (AvgIpc) is 3.14. The zero-order valence-electron chi connectivity index (χ0n) is 14.4. The van der Waals surface area contributed by atoms with Crippen molar-refractivity contribution in [3.8, 4) is 5.75 Å². The number of rotatable bonds is 6. The number of hydrogen-bond acceptors (Lipinski definition) is 6. The van der Waals surface area contributed by atoms with E-state index in [1.807, 2.05) is 31.4 Å². The number of amides is 1. The molecule has 2 aromatic heterocycles. The van der Waals surface area contributed by atoms with E-state index < -0.39 is 5.63 Å². The molecular weight excluding hydrogens is 352 g/mol. The summed E-state index contributed by atoms with van der Waals surface area (Å²) in [4.78, 5) is 24.5. The number of fused-ring (bicyclic) bond motifs is 1. The Morgan fingerprint density at radius 2 is 2.15 bits per heavy atom. The van der Waals surface area contributed by atoms with E-state index in [9.17, 15) is 9.59 Å². The molecule has 0 atom stereocenters. The first-order valence-corrected chi connectivity index (χ1v) is 9.01. The van der Waals surface area contributed by atoms with E-state index in [-0.39, 0.29) is 12.5 Å². The highest BCUT2D eigenvalue weighted by molar-refractivity contribution is 7.12. The Labute approximate surface area is 154 Å². The van der Waals surface area contributed by atoms with E-state index in [4.69, 9.17) is 9.15 Å². The van der Waals surface area contributed by atoms with Crippen LogP contribution in [0.15, 0.2) is 56.1 Å². The highest BCUT2D eigenvalue weighted by atomic mass is 32.1. The third-order valence-electron chi connectivity index (χ3n) is 3.75. The summed E-state index contributed by atoms with van der Waals surface area (Å²) in [6, 6.07) is 10.5. The molecule has 3 rings (SSSR count). The number of carbonyl (C=O) groups is 1. The van der Waals surface area contributed by atoms with E-state index >= 15 is 0 Å². The molecule has 1 amide bonds. The van der Waals surface area contributed by atoms with Gasteiger partial charge in [0.2, 0.25) is 0 Å². The van der Waals surface area contributed by atoms with Gasteiger partial charge in [0.15, 0.2) is 6.61 Å². The minimum Gasteiger partial charge on any atom is -0.484 e. The van der Waals surface area contributed by atoms with Gasteiger partial charge in [-0.15, -0.1) is 11.3 Å². The molecule has 26 heavy (non-hydrogen) atoms. The quantitative estimate of drug-likeness (QED) is 0.409. The minimum atomic E-state index is -0.417. The molecule has 0 aliphatic heterocycles. The Morgan fingerprint density at radius 3 is 2.88 bits per heavy atom. The van der Waals surface area contributed by atoms with Crippen LogP contribution in [0.4, 0.5) is 0 Å². The van der Waals surface area contributed by atoms with Gasteiger partial charge in [0.05, 0.1) is 10.6 Å². The van der Waals surface area contributed by atoms with E-state index in [2.05, 4.69) is 10.5 Å². The van der Waals surface area contributed by atoms with Gasteiger partial charge < -0.3 is 9.15 Å². The summed E-state index contributed by atoms with van der Waals surface area (Å²) in [5.74, 6) is 0.0812. The summed E-state index contributed by atoms with van der Waals surface area (Å²) in [5.41, 5.74) is 4.16. The van der Waals surface area contributed by atoms with Crippen LogP contribution in [-0.4, -0.2) is 18.2 Å². The Kier molecular flexibility index (Phi) is 5.48. The zero-order chi connectivity index (χ0) is 18.5. The van der Waals surface area contributed by atoms with Crippen molar-refractivity contribution in [3.05, 3.63) is 62.6 Å². The monoisotopic (exact) mass is 370 g/mol. The summed E-state index contributed by atoms with van der Waals surface area (Å²) in [5, 5.41) is 6.95.